The van der Waals surface area contributed by atoms with Crippen LogP contribution in [0, 0.1) is 0 Å². The first kappa shape index (κ1) is 28.2. The van der Waals surface area contributed by atoms with Crippen LogP contribution in [0.2, 0.25) is 0 Å². The summed E-state index contributed by atoms with van der Waals surface area (Å²) in [6, 6.07) is 6.50. The standard InChI is InChI=1S/C26H28O14/c27-6-13-18(32)21(35)23(37)26(40-13)15-19(33)14-10(29)5-12(8-1-3-9(28)4-2-8)39-24(14)16(20(15)34)25-22(36)17(31)11(30)7-38-25/h1-5,11,13,17-18,21-23,25-28,30-37H,6-7H2/t11-,13?,17+,18+,21-,22?,23?,25+,26-/m0/s1. The van der Waals surface area contributed by atoms with Crippen LogP contribution < -0.4 is 5.43 Å². The van der Waals surface area contributed by atoms with Crippen molar-refractivity contribution in [3.05, 3.63) is 51.7 Å². The summed E-state index contributed by atoms with van der Waals surface area (Å²) in [5.41, 5.74) is -2.15. The van der Waals surface area contributed by atoms with E-state index in [1.807, 2.05) is 0 Å². The summed E-state index contributed by atoms with van der Waals surface area (Å²) < 4.78 is 16.9. The van der Waals surface area contributed by atoms with E-state index < -0.39 is 107 Å². The van der Waals surface area contributed by atoms with Gasteiger partial charge in [0.25, 0.3) is 0 Å². The predicted octanol–water partition coefficient (Wildman–Crippen LogP) is -1.75. The normalized spacial score (nSPS) is 32.8. The first-order chi connectivity index (χ1) is 19.0. The van der Waals surface area contributed by atoms with Crippen molar-refractivity contribution in [1.29, 1.82) is 0 Å². The van der Waals surface area contributed by atoms with Crippen molar-refractivity contribution in [2.75, 3.05) is 13.2 Å². The predicted molar refractivity (Wildman–Crippen MR) is 132 cm³/mol. The van der Waals surface area contributed by atoms with E-state index in [1.54, 1.807) is 0 Å². The highest BCUT2D eigenvalue weighted by Gasteiger charge is 2.48. The Kier molecular flexibility index (Phi) is 7.47. The molecule has 2 aromatic carbocycles. The Morgan fingerprint density at radius 1 is 0.775 bits per heavy atom. The van der Waals surface area contributed by atoms with Crippen LogP contribution in [-0.2, 0) is 9.47 Å². The summed E-state index contributed by atoms with van der Waals surface area (Å²) in [6.07, 6.45) is -15.7. The Balaban J connectivity index is 1.80. The van der Waals surface area contributed by atoms with E-state index in [9.17, 15) is 55.9 Å². The van der Waals surface area contributed by atoms with Crippen molar-refractivity contribution in [3.63, 3.8) is 0 Å². The van der Waals surface area contributed by atoms with Gasteiger partial charge in [-0.15, -0.1) is 0 Å². The van der Waals surface area contributed by atoms with E-state index in [0.29, 0.717) is 5.56 Å². The zero-order valence-corrected chi connectivity index (χ0v) is 20.6. The Hall–Kier alpha value is -3.31. The van der Waals surface area contributed by atoms with Crippen molar-refractivity contribution in [3.8, 4) is 28.6 Å². The Morgan fingerprint density at radius 3 is 2.08 bits per heavy atom. The molecule has 3 aromatic rings. The SMILES string of the molecule is O=c1cc(-c2ccc(O)cc2)oc2c([C@H]3OC[C@H](O)[C@@H](O)C3O)c(O)c([C@@H]3OC(CO)[C@@H](O)[C@H](O)C3O)c(O)c12. The van der Waals surface area contributed by atoms with Crippen molar-refractivity contribution in [2.45, 2.75) is 54.9 Å². The van der Waals surface area contributed by atoms with Crippen LogP contribution in [0.4, 0.5) is 0 Å². The lowest BCUT2D eigenvalue weighted by molar-refractivity contribution is -0.232. The number of aromatic hydroxyl groups is 3. The van der Waals surface area contributed by atoms with E-state index in [0.717, 1.165) is 6.07 Å². The molecule has 9 atom stereocenters. The highest BCUT2D eigenvalue weighted by atomic mass is 16.5. The molecule has 14 heteroatoms. The monoisotopic (exact) mass is 564 g/mol. The zero-order valence-electron chi connectivity index (χ0n) is 20.6. The van der Waals surface area contributed by atoms with Crippen molar-refractivity contribution >= 4 is 11.0 Å². The maximum atomic E-state index is 13.4. The summed E-state index contributed by atoms with van der Waals surface area (Å²) in [7, 11) is 0. The lowest BCUT2D eigenvalue weighted by Crippen LogP contribution is -2.55. The number of aliphatic hydroxyl groups excluding tert-OH is 7. The molecule has 0 aliphatic carbocycles. The second-order valence-corrected chi connectivity index (χ2v) is 9.80. The number of hydrogen-bond acceptors (Lipinski definition) is 14. The molecule has 14 nitrogen and oxygen atoms in total. The second-order valence-electron chi connectivity index (χ2n) is 9.80. The Morgan fingerprint density at radius 2 is 1.43 bits per heavy atom. The van der Waals surface area contributed by atoms with Crippen molar-refractivity contribution in [2.24, 2.45) is 0 Å². The maximum Gasteiger partial charge on any atom is 0.197 e. The lowest BCUT2D eigenvalue weighted by atomic mass is 9.85. The van der Waals surface area contributed by atoms with Crippen LogP contribution in [0.15, 0.2) is 39.5 Å². The van der Waals surface area contributed by atoms with Gasteiger partial charge in [-0.25, -0.2) is 0 Å². The molecule has 3 unspecified atom stereocenters. The quantitative estimate of drug-likeness (QED) is 0.169. The third-order valence-corrected chi connectivity index (χ3v) is 7.31. The number of benzene rings is 2. The number of hydrogen-bond donors (Lipinski definition) is 10. The summed E-state index contributed by atoms with van der Waals surface area (Å²) in [5.74, 6) is -2.01. The van der Waals surface area contributed by atoms with Gasteiger partial charge in [0.1, 0.15) is 83.3 Å². The number of phenols is 3. The summed E-state index contributed by atoms with van der Waals surface area (Å²) >= 11 is 0. The van der Waals surface area contributed by atoms with Crippen LogP contribution in [0.3, 0.4) is 0 Å². The molecular formula is C26H28O14. The van der Waals surface area contributed by atoms with Gasteiger partial charge in [0, 0.05) is 11.6 Å². The Bertz CT molecular complexity index is 1450. The molecule has 2 saturated heterocycles. The molecule has 10 N–H and O–H groups in total. The third kappa shape index (κ3) is 4.49. The minimum Gasteiger partial charge on any atom is -0.508 e. The molecule has 2 aliphatic rings. The first-order valence-corrected chi connectivity index (χ1v) is 12.3. The zero-order chi connectivity index (χ0) is 29.0. The van der Waals surface area contributed by atoms with Gasteiger partial charge in [-0.1, -0.05) is 0 Å². The second kappa shape index (κ2) is 10.6. The minimum absolute atomic E-state index is 0.0710. The third-order valence-electron chi connectivity index (χ3n) is 7.31. The molecule has 40 heavy (non-hydrogen) atoms. The highest BCUT2D eigenvalue weighted by molar-refractivity contribution is 5.92. The lowest BCUT2D eigenvalue weighted by Gasteiger charge is -2.41. The number of rotatable bonds is 4. The average molecular weight is 564 g/mol. The van der Waals surface area contributed by atoms with Crippen LogP contribution in [0.1, 0.15) is 23.3 Å². The molecule has 5 rings (SSSR count). The first-order valence-electron chi connectivity index (χ1n) is 12.3. The molecular weight excluding hydrogens is 536 g/mol. The molecule has 2 aliphatic heterocycles. The van der Waals surface area contributed by atoms with E-state index in [4.69, 9.17) is 13.9 Å². The largest absolute Gasteiger partial charge is 0.508 e. The molecule has 0 amide bonds. The molecule has 0 radical (unpaired) electrons. The van der Waals surface area contributed by atoms with E-state index in [2.05, 4.69) is 0 Å². The summed E-state index contributed by atoms with van der Waals surface area (Å²) in [5, 5.41) is 104. The van der Waals surface area contributed by atoms with Crippen LogP contribution >= 0.6 is 0 Å². The molecule has 3 heterocycles. The average Bonchev–Trinajstić information content (AvgIpc) is 2.92. The fraction of sp³-hybridized carbons (Fsp3) is 0.423. The number of ether oxygens (including phenoxy) is 2. The van der Waals surface area contributed by atoms with Gasteiger partial charge in [-0.05, 0) is 24.3 Å². The fourth-order valence-electron chi connectivity index (χ4n) is 5.11. The van der Waals surface area contributed by atoms with Gasteiger partial charge >= 0.3 is 0 Å². The topological polar surface area (TPSA) is 251 Å². The van der Waals surface area contributed by atoms with Crippen LogP contribution in [0.25, 0.3) is 22.3 Å². The van der Waals surface area contributed by atoms with Crippen LogP contribution in [0.5, 0.6) is 17.2 Å². The maximum absolute atomic E-state index is 13.4. The van der Waals surface area contributed by atoms with E-state index in [-0.39, 0.29) is 11.5 Å². The van der Waals surface area contributed by atoms with E-state index in [1.165, 1.54) is 24.3 Å². The van der Waals surface area contributed by atoms with Crippen LogP contribution in [-0.4, -0.2) is 107 Å². The molecule has 1 aromatic heterocycles. The molecule has 0 bridgehead atoms. The van der Waals surface area contributed by atoms with Gasteiger partial charge in [-0.2, -0.15) is 0 Å². The molecule has 0 saturated carbocycles. The number of fused-ring (bicyclic) bond motifs is 1. The van der Waals surface area contributed by atoms with Gasteiger partial charge < -0.3 is 65.0 Å². The Labute approximate surface area is 224 Å². The van der Waals surface area contributed by atoms with Gasteiger partial charge in [-0.3, -0.25) is 4.79 Å². The van der Waals surface area contributed by atoms with Gasteiger partial charge in [0.2, 0.25) is 0 Å². The highest BCUT2D eigenvalue weighted by Crippen LogP contribution is 2.50. The molecule has 216 valence electrons. The summed E-state index contributed by atoms with van der Waals surface area (Å²) in [6.45, 7) is -1.34. The fourth-order valence-corrected chi connectivity index (χ4v) is 5.11. The van der Waals surface area contributed by atoms with Gasteiger partial charge in [0.05, 0.1) is 24.3 Å². The van der Waals surface area contributed by atoms with E-state index >= 15 is 0 Å². The summed E-state index contributed by atoms with van der Waals surface area (Å²) in [4.78, 5) is 13.4. The number of aliphatic hydroxyl groups is 7. The van der Waals surface area contributed by atoms with Gasteiger partial charge in [0.15, 0.2) is 11.0 Å². The molecule has 2 fully saturated rings. The van der Waals surface area contributed by atoms with Crippen molar-refractivity contribution < 1.29 is 65.0 Å². The smallest absolute Gasteiger partial charge is 0.197 e. The number of phenolic OH excluding ortho intramolecular Hbond substituents is 3. The minimum atomic E-state index is -1.98. The molecule has 0 spiro atoms. The van der Waals surface area contributed by atoms with Crippen molar-refractivity contribution in [1.82, 2.24) is 0 Å².